The van der Waals surface area contributed by atoms with Crippen LogP contribution in [-0.4, -0.2) is 12.0 Å². The zero-order chi connectivity index (χ0) is 14.0. The highest BCUT2D eigenvalue weighted by Gasteiger charge is 2.14. The molecule has 1 heterocycles. The first-order valence-corrected chi connectivity index (χ1v) is 5.46. The second kappa shape index (κ2) is 4.93. The van der Waals surface area contributed by atoms with Crippen molar-refractivity contribution in [2.24, 2.45) is 0 Å². The molecule has 6 nitrogen and oxygen atoms in total. The van der Waals surface area contributed by atoms with E-state index in [1.807, 2.05) is 0 Å². The predicted molar refractivity (Wildman–Crippen MR) is 68.4 cm³/mol. The first-order valence-electron chi connectivity index (χ1n) is 5.46. The summed E-state index contributed by atoms with van der Waals surface area (Å²) in [5.74, 6) is 0.815. The van der Waals surface area contributed by atoms with Gasteiger partial charge in [0.2, 0.25) is 0 Å². The number of nitrogens with zero attached hydrogens (tertiary/aromatic N) is 1. The number of benzene rings is 1. The van der Waals surface area contributed by atoms with Gasteiger partial charge in [-0.05, 0) is 24.6 Å². The Morgan fingerprint density at radius 2 is 1.89 bits per heavy atom. The highest BCUT2D eigenvalue weighted by atomic mass is 16.6. The maximum Gasteiger partial charge on any atom is 0.347 e. The third-order valence-electron chi connectivity index (χ3n) is 2.63. The van der Waals surface area contributed by atoms with Gasteiger partial charge in [-0.3, -0.25) is 10.1 Å². The van der Waals surface area contributed by atoms with E-state index in [0.29, 0.717) is 17.1 Å². The van der Waals surface area contributed by atoms with E-state index in [-0.39, 0.29) is 11.3 Å². The summed E-state index contributed by atoms with van der Waals surface area (Å²) < 4.78 is 10.2. The van der Waals surface area contributed by atoms with Gasteiger partial charge < -0.3 is 9.15 Å². The number of nitro benzene ring substituents is 1. The Labute approximate surface area is 108 Å². The van der Waals surface area contributed by atoms with Crippen LogP contribution in [0, 0.1) is 17.0 Å². The molecule has 0 atom stereocenters. The summed E-state index contributed by atoms with van der Waals surface area (Å²) in [5.41, 5.74) is 0.184. The van der Waals surface area contributed by atoms with Gasteiger partial charge >= 0.3 is 5.63 Å². The van der Waals surface area contributed by atoms with E-state index in [1.54, 1.807) is 13.0 Å². The first-order chi connectivity index (χ1) is 9.02. The van der Waals surface area contributed by atoms with Gasteiger partial charge in [0.15, 0.2) is 0 Å². The van der Waals surface area contributed by atoms with Crippen LogP contribution in [0.5, 0.6) is 5.75 Å². The molecule has 0 fully saturated rings. The lowest BCUT2D eigenvalue weighted by molar-refractivity contribution is -0.384. The molecular weight excluding hydrogens is 250 g/mol. The van der Waals surface area contributed by atoms with Gasteiger partial charge in [0, 0.05) is 18.2 Å². The van der Waals surface area contributed by atoms with Crippen molar-refractivity contribution in [1.82, 2.24) is 0 Å². The topological polar surface area (TPSA) is 82.6 Å². The van der Waals surface area contributed by atoms with Crippen LogP contribution >= 0.6 is 0 Å². The zero-order valence-electron chi connectivity index (χ0n) is 10.4. The summed E-state index contributed by atoms with van der Waals surface area (Å²) in [6, 6.07) is 7.23. The molecule has 0 saturated carbocycles. The molecule has 2 aromatic rings. The lowest BCUT2D eigenvalue weighted by Crippen LogP contribution is -2.06. The summed E-state index contributed by atoms with van der Waals surface area (Å²) in [7, 11) is 1.45. The molecule has 0 N–H and O–H groups in total. The van der Waals surface area contributed by atoms with Gasteiger partial charge in [-0.25, -0.2) is 4.79 Å². The van der Waals surface area contributed by atoms with Gasteiger partial charge in [0.25, 0.3) is 5.69 Å². The monoisotopic (exact) mass is 261 g/mol. The van der Waals surface area contributed by atoms with Crippen LogP contribution in [0.15, 0.2) is 39.5 Å². The van der Waals surface area contributed by atoms with Crippen LogP contribution < -0.4 is 10.4 Å². The minimum absolute atomic E-state index is 0.0424. The normalized spacial score (nSPS) is 10.2. The van der Waals surface area contributed by atoms with E-state index in [2.05, 4.69) is 0 Å². The summed E-state index contributed by atoms with van der Waals surface area (Å²) >= 11 is 0. The van der Waals surface area contributed by atoms with E-state index in [0.717, 1.165) is 0 Å². The largest absolute Gasteiger partial charge is 0.496 e. The summed E-state index contributed by atoms with van der Waals surface area (Å²) in [6.45, 7) is 1.64. The molecule has 0 bridgehead atoms. The average molecular weight is 261 g/mol. The van der Waals surface area contributed by atoms with Crippen molar-refractivity contribution < 1.29 is 14.1 Å². The lowest BCUT2D eigenvalue weighted by atomic mass is 10.1. The van der Waals surface area contributed by atoms with Gasteiger partial charge in [0.05, 0.1) is 12.0 Å². The molecule has 19 heavy (non-hydrogen) atoms. The standard InChI is InChI=1S/C13H11NO5/c1-8-7-11(18-2)12(13(15)19-8)9-3-5-10(6-4-9)14(16)17/h3-7H,1-2H3. The number of rotatable bonds is 3. The molecule has 6 heteroatoms. The van der Waals surface area contributed by atoms with Crippen molar-refractivity contribution in [3.63, 3.8) is 0 Å². The fraction of sp³-hybridized carbons (Fsp3) is 0.154. The van der Waals surface area contributed by atoms with Crippen molar-refractivity contribution in [2.75, 3.05) is 7.11 Å². The molecule has 0 saturated heterocycles. The van der Waals surface area contributed by atoms with Crippen molar-refractivity contribution in [1.29, 1.82) is 0 Å². The van der Waals surface area contributed by atoms with Gasteiger partial charge in [-0.15, -0.1) is 0 Å². The Morgan fingerprint density at radius 3 is 2.42 bits per heavy atom. The quantitative estimate of drug-likeness (QED) is 0.626. The number of hydrogen-bond acceptors (Lipinski definition) is 5. The van der Waals surface area contributed by atoms with Crippen LogP contribution in [0.3, 0.4) is 0 Å². The number of methoxy groups -OCH3 is 1. The van der Waals surface area contributed by atoms with E-state index in [9.17, 15) is 14.9 Å². The Kier molecular flexibility index (Phi) is 3.33. The van der Waals surface area contributed by atoms with E-state index >= 15 is 0 Å². The van der Waals surface area contributed by atoms with Crippen LogP contribution in [0.2, 0.25) is 0 Å². The Balaban J connectivity index is 2.58. The molecule has 0 spiro atoms. The fourth-order valence-corrected chi connectivity index (χ4v) is 1.75. The molecule has 0 amide bonds. The molecule has 1 aromatic carbocycles. The molecule has 0 aliphatic carbocycles. The second-order valence-electron chi connectivity index (χ2n) is 3.89. The van der Waals surface area contributed by atoms with Crippen LogP contribution in [0.4, 0.5) is 5.69 Å². The predicted octanol–water partition coefficient (Wildman–Crippen LogP) is 2.53. The summed E-state index contributed by atoms with van der Waals surface area (Å²) in [5, 5.41) is 10.6. The molecule has 1 aromatic heterocycles. The molecule has 2 rings (SSSR count). The minimum atomic E-state index is -0.536. The highest BCUT2D eigenvalue weighted by molar-refractivity contribution is 5.70. The third kappa shape index (κ3) is 2.47. The van der Waals surface area contributed by atoms with E-state index < -0.39 is 10.5 Å². The maximum absolute atomic E-state index is 11.9. The maximum atomic E-state index is 11.9. The SMILES string of the molecule is COc1cc(C)oc(=O)c1-c1ccc([N+](=O)[O-])cc1. The number of ether oxygens (including phenoxy) is 1. The number of hydrogen-bond donors (Lipinski definition) is 0. The summed E-state index contributed by atoms with van der Waals surface area (Å²) in [4.78, 5) is 21.9. The molecular formula is C13H11NO5. The van der Waals surface area contributed by atoms with Gasteiger partial charge in [0.1, 0.15) is 17.1 Å². The van der Waals surface area contributed by atoms with E-state index in [1.165, 1.54) is 31.4 Å². The highest BCUT2D eigenvalue weighted by Crippen LogP contribution is 2.28. The van der Waals surface area contributed by atoms with Crippen LogP contribution in [-0.2, 0) is 0 Å². The molecule has 0 aliphatic heterocycles. The fourth-order valence-electron chi connectivity index (χ4n) is 1.75. The van der Waals surface area contributed by atoms with Crippen molar-refractivity contribution >= 4 is 5.69 Å². The van der Waals surface area contributed by atoms with Gasteiger partial charge in [-0.2, -0.15) is 0 Å². The Bertz CT molecular complexity index is 672. The molecule has 98 valence electrons. The average Bonchev–Trinajstić information content (AvgIpc) is 2.38. The molecule has 0 unspecified atom stereocenters. The van der Waals surface area contributed by atoms with Crippen LogP contribution in [0.25, 0.3) is 11.1 Å². The number of non-ortho nitro benzene ring substituents is 1. The van der Waals surface area contributed by atoms with Crippen LogP contribution in [0.1, 0.15) is 5.76 Å². The lowest BCUT2D eigenvalue weighted by Gasteiger charge is -2.07. The second-order valence-corrected chi connectivity index (χ2v) is 3.89. The Morgan fingerprint density at radius 1 is 1.26 bits per heavy atom. The molecule has 0 radical (unpaired) electrons. The molecule has 0 aliphatic rings. The third-order valence-corrected chi connectivity index (χ3v) is 2.63. The minimum Gasteiger partial charge on any atom is -0.496 e. The van der Waals surface area contributed by atoms with Crippen molar-refractivity contribution in [3.8, 4) is 16.9 Å². The Hall–Kier alpha value is -2.63. The summed E-state index contributed by atoms with van der Waals surface area (Å²) in [6.07, 6.45) is 0. The first kappa shape index (κ1) is 12.8. The number of aryl methyl sites for hydroxylation is 1. The smallest absolute Gasteiger partial charge is 0.347 e. The zero-order valence-corrected chi connectivity index (χ0v) is 10.4. The van der Waals surface area contributed by atoms with Crippen molar-refractivity contribution in [3.05, 3.63) is 56.6 Å². The van der Waals surface area contributed by atoms with Crippen molar-refractivity contribution in [2.45, 2.75) is 6.92 Å². The van der Waals surface area contributed by atoms with E-state index in [4.69, 9.17) is 9.15 Å². The van der Waals surface area contributed by atoms with Gasteiger partial charge in [-0.1, -0.05) is 0 Å². The number of nitro groups is 1.